The molecular formula is C12H6F2N2O3S. The number of thiazole rings is 1. The number of aromatic carboxylic acids is 1. The van der Waals surface area contributed by atoms with E-state index in [-0.39, 0.29) is 17.3 Å². The lowest BCUT2D eigenvalue weighted by Gasteiger charge is -2.04. The molecule has 20 heavy (non-hydrogen) atoms. The monoisotopic (exact) mass is 296 g/mol. The topological polar surface area (TPSA) is 63.8 Å². The van der Waals surface area contributed by atoms with Crippen molar-refractivity contribution in [2.24, 2.45) is 0 Å². The van der Waals surface area contributed by atoms with Crippen LogP contribution in [-0.2, 0) is 0 Å². The van der Waals surface area contributed by atoms with Crippen LogP contribution in [0.15, 0.2) is 29.8 Å². The van der Waals surface area contributed by atoms with E-state index in [0.717, 1.165) is 12.1 Å². The number of imidazole rings is 1. The van der Waals surface area contributed by atoms with Gasteiger partial charge in [0.1, 0.15) is 5.75 Å². The quantitative estimate of drug-likeness (QED) is 0.806. The van der Waals surface area contributed by atoms with E-state index in [0.29, 0.717) is 4.96 Å². The Kier molecular flexibility index (Phi) is 2.87. The molecule has 0 amide bonds. The van der Waals surface area contributed by atoms with Gasteiger partial charge in [-0.3, -0.25) is 4.40 Å². The minimum atomic E-state index is -1.23. The summed E-state index contributed by atoms with van der Waals surface area (Å²) in [5, 5.41) is 10.9. The molecule has 0 atom stereocenters. The molecule has 3 rings (SSSR count). The first kappa shape index (κ1) is 12.5. The Morgan fingerprint density at radius 1 is 1.35 bits per heavy atom. The van der Waals surface area contributed by atoms with E-state index >= 15 is 0 Å². The standard InChI is InChI=1S/C12H6F2N2O3S/c13-7-2-1-6(5-8(7)14)19-10-9(11(17)18)16-3-4-20-12(16)15-10/h1-5H,(H,17,18). The summed E-state index contributed by atoms with van der Waals surface area (Å²) in [5.74, 6) is -3.52. The summed E-state index contributed by atoms with van der Waals surface area (Å²) >= 11 is 1.23. The van der Waals surface area contributed by atoms with Gasteiger partial charge in [0.15, 0.2) is 22.3 Å². The lowest BCUT2D eigenvalue weighted by Crippen LogP contribution is -2.02. The van der Waals surface area contributed by atoms with E-state index in [4.69, 9.17) is 4.74 Å². The number of carboxylic acid groups (broad SMARTS) is 1. The van der Waals surface area contributed by atoms with E-state index < -0.39 is 17.6 Å². The number of fused-ring (bicyclic) bond motifs is 1. The third-order valence-electron chi connectivity index (χ3n) is 2.54. The maximum atomic E-state index is 13.1. The third kappa shape index (κ3) is 1.99. The fourth-order valence-electron chi connectivity index (χ4n) is 1.68. The molecule has 5 nitrogen and oxygen atoms in total. The summed E-state index contributed by atoms with van der Waals surface area (Å²) in [6.45, 7) is 0. The Hall–Kier alpha value is -2.48. The molecule has 1 aromatic carbocycles. The molecule has 0 spiro atoms. The predicted octanol–water partition coefficient (Wildman–Crippen LogP) is 3.16. The number of nitrogens with zero attached hydrogens (tertiary/aromatic N) is 2. The minimum Gasteiger partial charge on any atom is -0.476 e. The SMILES string of the molecule is O=C(O)c1c(Oc2ccc(F)c(F)c2)nc2sccn12. The van der Waals surface area contributed by atoms with Gasteiger partial charge in [0.2, 0.25) is 0 Å². The van der Waals surface area contributed by atoms with E-state index in [1.54, 1.807) is 5.38 Å². The van der Waals surface area contributed by atoms with Crippen molar-refractivity contribution in [1.29, 1.82) is 0 Å². The van der Waals surface area contributed by atoms with Crippen molar-refractivity contribution in [3.63, 3.8) is 0 Å². The summed E-state index contributed by atoms with van der Waals surface area (Å²) in [6.07, 6.45) is 1.54. The van der Waals surface area contributed by atoms with Crippen molar-refractivity contribution < 1.29 is 23.4 Å². The van der Waals surface area contributed by atoms with Crippen molar-refractivity contribution in [2.75, 3.05) is 0 Å². The van der Waals surface area contributed by atoms with Crippen LogP contribution in [0.4, 0.5) is 8.78 Å². The van der Waals surface area contributed by atoms with Gasteiger partial charge in [-0.2, -0.15) is 4.98 Å². The number of carbonyl (C=O) groups is 1. The highest BCUT2D eigenvalue weighted by Gasteiger charge is 2.21. The molecule has 0 aliphatic carbocycles. The predicted molar refractivity (Wildman–Crippen MR) is 66.5 cm³/mol. The van der Waals surface area contributed by atoms with Crippen molar-refractivity contribution >= 4 is 22.3 Å². The van der Waals surface area contributed by atoms with Gasteiger partial charge >= 0.3 is 5.97 Å². The number of ether oxygens (including phenoxy) is 1. The van der Waals surface area contributed by atoms with Crippen molar-refractivity contribution in [1.82, 2.24) is 9.38 Å². The molecule has 0 unspecified atom stereocenters. The van der Waals surface area contributed by atoms with Gasteiger partial charge in [0.25, 0.3) is 5.88 Å². The van der Waals surface area contributed by atoms with Gasteiger partial charge < -0.3 is 9.84 Å². The number of aromatic nitrogens is 2. The molecule has 0 aliphatic heterocycles. The Labute approximate surface area is 114 Å². The van der Waals surface area contributed by atoms with Gasteiger partial charge in [0, 0.05) is 17.6 Å². The van der Waals surface area contributed by atoms with Gasteiger partial charge in [0.05, 0.1) is 0 Å². The Morgan fingerprint density at radius 3 is 2.85 bits per heavy atom. The average molecular weight is 296 g/mol. The van der Waals surface area contributed by atoms with Crippen LogP contribution in [0.2, 0.25) is 0 Å². The van der Waals surface area contributed by atoms with Gasteiger partial charge in [-0.25, -0.2) is 13.6 Å². The largest absolute Gasteiger partial charge is 0.476 e. The lowest BCUT2D eigenvalue weighted by molar-refractivity contribution is 0.0686. The maximum absolute atomic E-state index is 13.1. The summed E-state index contributed by atoms with van der Waals surface area (Å²) < 4.78 is 32.5. The van der Waals surface area contributed by atoms with Gasteiger partial charge in [-0.1, -0.05) is 0 Å². The fourth-order valence-corrected chi connectivity index (χ4v) is 2.39. The van der Waals surface area contributed by atoms with Crippen LogP contribution in [0, 0.1) is 11.6 Å². The van der Waals surface area contributed by atoms with E-state index in [1.165, 1.54) is 28.0 Å². The zero-order chi connectivity index (χ0) is 14.3. The number of hydrogen-bond donors (Lipinski definition) is 1. The second kappa shape index (κ2) is 4.57. The molecule has 2 heterocycles. The number of hydrogen-bond acceptors (Lipinski definition) is 4. The van der Waals surface area contributed by atoms with E-state index in [9.17, 15) is 18.7 Å². The van der Waals surface area contributed by atoms with Crippen molar-refractivity contribution in [2.45, 2.75) is 0 Å². The number of rotatable bonds is 3. The minimum absolute atomic E-state index is 0.0304. The van der Waals surface area contributed by atoms with Gasteiger partial charge in [-0.05, 0) is 12.1 Å². The molecule has 102 valence electrons. The molecule has 0 saturated carbocycles. The molecule has 0 bridgehead atoms. The Bertz CT molecular complexity index is 812. The van der Waals surface area contributed by atoms with E-state index in [2.05, 4.69) is 4.98 Å². The fraction of sp³-hybridized carbons (Fsp3) is 0. The number of benzene rings is 1. The van der Waals surface area contributed by atoms with Crippen LogP contribution in [0.5, 0.6) is 11.6 Å². The summed E-state index contributed by atoms with van der Waals surface area (Å²) in [5.41, 5.74) is -0.175. The van der Waals surface area contributed by atoms with Crippen LogP contribution in [0.25, 0.3) is 4.96 Å². The Morgan fingerprint density at radius 2 is 2.15 bits per heavy atom. The molecular weight excluding hydrogens is 290 g/mol. The van der Waals surface area contributed by atoms with E-state index in [1.807, 2.05) is 0 Å². The number of carboxylic acids is 1. The molecule has 0 fully saturated rings. The second-order valence-electron chi connectivity index (χ2n) is 3.80. The van der Waals surface area contributed by atoms with Gasteiger partial charge in [-0.15, -0.1) is 11.3 Å². The molecule has 3 aromatic rings. The molecule has 0 radical (unpaired) electrons. The highest BCUT2D eigenvalue weighted by atomic mass is 32.1. The van der Waals surface area contributed by atoms with Crippen LogP contribution in [0.3, 0.4) is 0 Å². The average Bonchev–Trinajstić information content (AvgIpc) is 2.93. The third-order valence-corrected chi connectivity index (χ3v) is 3.29. The maximum Gasteiger partial charge on any atom is 0.358 e. The molecule has 8 heteroatoms. The molecule has 1 N–H and O–H groups in total. The highest BCUT2D eigenvalue weighted by molar-refractivity contribution is 7.15. The van der Waals surface area contributed by atoms with Crippen molar-refractivity contribution in [3.05, 3.63) is 47.1 Å². The summed E-state index contributed by atoms with van der Waals surface area (Å²) in [7, 11) is 0. The van der Waals surface area contributed by atoms with Crippen molar-refractivity contribution in [3.8, 4) is 11.6 Å². The zero-order valence-corrected chi connectivity index (χ0v) is 10.5. The highest BCUT2D eigenvalue weighted by Crippen LogP contribution is 2.28. The van der Waals surface area contributed by atoms with Crippen LogP contribution in [0.1, 0.15) is 10.5 Å². The molecule has 2 aromatic heterocycles. The first-order valence-corrected chi connectivity index (χ1v) is 6.26. The summed E-state index contributed by atoms with van der Waals surface area (Å²) in [6, 6.07) is 2.91. The smallest absolute Gasteiger partial charge is 0.358 e. The molecule has 0 saturated heterocycles. The number of halogens is 2. The zero-order valence-electron chi connectivity index (χ0n) is 9.71. The summed E-state index contributed by atoms with van der Waals surface area (Å²) in [4.78, 5) is 15.7. The first-order chi connectivity index (χ1) is 9.56. The second-order valence-corrected chi connectivity index (χ2v) is 4.68. The molecule has 0 aliphatic rings. The van der Waals surface area contributed by atoms with Crippen LogP contribution in [-0.4, -0.2) is 20.5 Å². The van der Waals surface area contributed by atoms with Crippen LogP contribution < -0.4 is 4.74 Å². The van der Waals surface area contributed by atoms with Crippen LogP contribution >= 0.6 is 11.3 Å². The first-order valence-electron chi connectivity index (χ1n) is 5.38. The normalized spacial score (nSPS) is 10.9. The lowest BCUT2D eigenvalue weighted by atomic mass is 10.3. The Balaban J connectivity index is 2.05.